The first kappa shape index (κ1) is 29.7. The molecule has 210 valence electrons. The molecular weight excluding hydrogens is 557 g/mol. The summed E-state index contributed by atoms with van der Waals surface area (Å²) in [6.07, 6.45) is -4.39. The third-order valence-corrected chi connectivity index (χ3v) is 7.98. The molecule has 0 N–H and O–H groups in total. The van der Waals surface area contributed by atoms with Crippen molar-refractivity contribution in [3.05, 3.63) is 107 Å². The standard InChI is InChI=1S/C31H29F3O4S2/c1-3-36-30(35)17-37-27-14-13-26(15-21(27)2)40-19-24-16-28(23-9-11-25(12-10-23)31(32,33)34)38-29(24)20-39-18-22-7-5-4-6-8-22/h4-16H,3,17-20H2,1-2H3. The quantitative estimate of drug-likeness (QED) is 0.122. The van der Waals surface area contributed by atoms with Gasteiger partial charge >= 0.3 is 12.1 Å². The van der Waals surface area contributed by atoms with Gasteiger partial charge in [-0.15, -0.1) is 23.5 Å². The number of alkyl halides is 3. The Morgan fingerprint density at radius 2 is 1.68 bits per heavy atom. The van der Waals surface area contributed by atoms with Crippen molar-refractivity contribution in [3.63, 3.8) is 0 Å². The van der Waals surface area contributed by atoms with Crippen LogP contribution in [0, 0.1) is 6.92 Å². The van der Waals surface area contributed by atoms with E-state index in [1.165, 1.54) is 17.7 Å². The van der Waals surface area contributed by atoms with Crippen LogP contribution in [0.25, 0.3) is 11.3 Å². The van der Waals surface area contributed by atoms with Crippen LogP contribution < -0.4 is 4.74 Å². The van der Waals surface area contributed by atoms with Crippen LogP contribution >= 0.6 is 23.5 Å². The van der Waals surface area contributed by atoms with Crippen LogP contribution in [0.1, 0.15) is 34.9 Å². The highest BCUT2D eigenvalue weighted by Crippen LogP contribution is 2.36. The van der Waals surface area contributed by atoms with Crippen LogP contribution in [0.5, 0.6) is 5.75 Å². The van der Waals surface area contributed by atoms with Gasteiger partial charge in [0.1, 0.15) is 17.3 Å². The van der Waals surface area contributed by atoms with Gasteiger partial charge in [-0.25, -0.2) is 4.79 Å². The molecule has 9 heteroatoms. The van der Waals surface area contributed by atoms with E-state index in [2.05, 4.69) is 12.1 Å². The largest absolute Gasteiger partial charge is 0.482 e. The summed E-state index contributed by atoms with van der Waals surface area (Å²) in [5.41, 5.74) is 2.99. The molecule has 0 aliphatic heterocycles. The molecule has 0 saturated carbocycles. The van der Waals surface area contributed by atoms with Crippen molar-refractivity contribution in [1.29, 1.82) is 0 Å². The first-order valence-corrected chi connectivity index (χ1v) is 14.8. The topological polar surface area (TPSA) is 48.7 Å². The van der Waals surface area contributed by atoms with Crippen LogP contribution in [-0.2, 0) is 33.0 Å². The third-order valence-electron chi connectivity index (χ3n) is 5.93. The van der Waals surface area contributed by atoms with Crippen molar-refractivity contribution in [2.75, 3.05) is 13.2 Å². The van der Waals surface area contributed by atoms with Crippen molar-refractivity contribution in [2.24, 2.45) is 0 Å². The molecule has 40 heavy (non-hydrogen) atoms. The molecule has 0 saturated heterocycles. The summed E-state index contributed by atoms with van der Waals surface area (Å²) in [7, 11) is 0. The summed E-state index contributed by atoms with van der Waals surface area (Å²) < 4.78 is 55.8. The van der Waals surface area contributed by atoms with E-state index in [0.29, 0.717) is 35.2 Å². The number of thioether (sulfide) groups is 2. The van der Waals surface area contributed by atoms with Gasteiger partial charge in [0.05, 0.1) is 17.9 Å². The van der Waals surface area contributed by atoms with E-state index < -0.39 is 17.7 Å². The fraction of sp³-hybridized carbons (Fsp3) is 0.258. The minimum Gasteiger partial charge on any atom is -0.482 e. The summed E-state index contributed by atoms with van der Waals surface area (Å²) in [6.45, 7) is 3.82. The zero-order valence-corrected chi connectivity index (χ0v) is 23.8. The number of rotatable bonds is 12. The second-order valence-corrected chi connectivity index (χ2v) is 11.0. The van der Waals surface area contributed by atoms with E-state index >= 15 is 0 Å². The van der Waals surface area contributed by atoms with E-state index in [0.717, 1.165) is 39.7 Å². The lowest BCUT2D eigenvalue weighted by atomic mass is 10.1. The van der Waals surface area contributed by atoms with Gasteiger partial charge in [0.2, 0.25) is 0 Å². The van der Waals surface area contributed by atoms with Crippen LogP contribution in [0.3, 0.4) is 0 Å². The molecule has 0 radical (unpaired) electrons. The van der Waals surface area contributed by atoms with Crippen LogP contribution in [0.4, 0.5) is 13.2 Å². The molecule has 1 heterocycles. The summed E-state index contributed by atoms with van der Waals surface area (Å²) >= 11 is 3.34. The third kappa shape index (κ3) is 8.35. The van der Waals surface area contributed by atoms with E-state index in [4.69, 9.17) is 13.9 Å². The highest BCUT2D eigenvalue weighted by atomic mass is 32.2. The average molecular weight is 587 g/mol. The van der Waals surface area contributed by atoms with Crippen LogP contribution in [0.2, 0.25) is 0 Å². The lowest BCUT2D eigenvalue weighted by Crippen LogP contribution is -2.14. The first-order valence-electron chi connectivity index (χ1n) is 12.7. The fourth-order valence-electron chi connectivity index (χ4n) is 3.89. The molecule has 0 aliphatic carbocycles. The van der Waals surface area contributed by atoms with Gasteiger partial charge in [-0.3, -0.25) is 0 Å². The fourth-order valence-corrected chi connectivity index (χ4v) is 5.84. The van der Waals surface area contributed by atoms with Gasteiger partial charge in [0, 0.05) is 27.5 Å². The average Bonchev–Trinajstić information content (AvgIpc) is 3.34. The maximum absolute atomic E-state index is 13.0. The maximum Gasteiger partial charge on any atom is 0.416 e. The molecule has 1 aromatic heterocycles. The lowest BCUT2D eigenvalue weighted by molar-refractivity contribution is -0.145. The molecule has 3 aromatic carbocycles. The van der Waals surface area contributed by atoms with Gasteiger partial charge in [-0.1, -0.05) is 42.5 Å². The molecule has 0 atom stereocenters. The Balaban J connectivity index is 1.47. The number of benzene rings is 3. The highest BCUT2D eigenvalue weighted by Gasteiger charge is 2.30. The predicted octanol–water partition coefficient (Wildman–Crippen LogP) is 8.94. The van der Waals surface area contributed by atoms with Gasteiger partial charge in [0.15, 0.2) is 6.61 Å². The minimum absolute atomic E-state index is 0.146. The number of furan rings is 1. The SMILES string of the molecule is CCOC(=O)COc1ccc(SCc2cc(-c3ccc(C(F)(F)F)cc3)oc2CSCc2ccccc2)cc1C. The molecule has 0 spiro atoms. The zero-order chi connectivity index (χ0) is 28.5. The van der Waals surface area contributed by atoms with E-state index in [9.17, 15) is 18.0 Å². The Morgan fingerprint density at radius 1 is 0.925 bits per heavy atom. The number of ether oxygens (including phenoxy) is 2. The lowest BCUT2D eigenvalue weighted by Gasteiger charge is -2.10. The Kier molecular flexibility index (Phi) is 10.3. The Morgan fingerprint density at radius 3 is 2.35 bits per heavy atom. The van der Waals surface area contributed by atoms with Gasteiger partial charge in [-0.05, 0) is 61.4 Å². The summed E-state index contributed by atoms with van der Waals surface area (Å²) in [6, 6.07) is 22.8. The van der Waals surface area contributed by atoms with Crippen LogP contribution in [-0.4, -0.2) is 19.2 Å². The number of carbonyl (C=O) groups is 1. The van der Waals surface area contributed by atoms with Gasteiger partial charge < -0.3 is 13.9 Å². The number of carbonyl (C=O) groups excluding carboxylic acids is 1. The predicted molar refractivity (Wildman–Crippen MR) is 153 cm³/mol. The highest BCUT2D eigenvalue weighted by molar-refractivity contribution is 7.98. The minimum atomic E-state index is -4.39. The van der Waals surface area contributed by atoms with Gasteiger partial charge in [-0.2, -0.15) is 13.2 Å². The number of aryl methyl sites for hydroxylation is 1. The monoisotopic (exact) mass is 586 g/mol. The van der Waals surface area contributed by atoms with Crippen molar-refractivity contribution in [1.82, 2.24) is 0 Å². The zero-order valence-electron chi connectivity index (χ0n) is 22.1. The number of hydrogen-bond acceptors (Lipinski definition) is 6. The first-order chi connectivity index (χ1) is 19.2. The number of halogens is 3. The second-order valence-electron chi connectivity index (χ2n) is 8.92. The molecule has 4 aromatic rings. The second kappa shape index (κ2) is 13.9. The van der Waals surface area contributed by atoms with Crippen molar-refractivity contribution < 1.29 is 31.9 Å². The Hall–Kier alpha value is -3.30. The molecule has 0 aliphatic rings. The van der Waals surface area contributed by atoms with E-state index in [1.54, 1.807) is 30.4 Å². The number of esters is 1. The Bertz CT molecular complexity index is 1400. The Labute approximate surface area is 240 Å². The van der Waals surface area contributed by atoms with Crippen molar-refractivity contribution >= 4 is 29.5 Å². The van der Waals surface area contributed by atoms with E-state index in [-0.39, 0.29) is 6.61 Å². The molecule has 4 rings (SSSR count). The molecule has 4 nitrogen and oxygen atoms in total. The summed E-state index contributed by atoms with van der Waals surface area (Å²) in [4.78, 5) is 12.6. The normalized spacial score (nSPS) is 11.4. The molecular formula is C31H29F3O4S2. The van der Waals surface area contributed by atoms with Gasteiger partial charge in [0.25, 0.3) is 0 Å². The van der Waals surface area contributed by atoms with Crippen molar-refractivity contribution in [2.45, 2.75) is 42.2 Å². The van der Waals surface area contributed by atoms with Crippen molar-refractivity contribution in [3.8, 4) is 17.1 Å². The number of hydrogen-bond donors (Lipinski definition) is 0. The molecule has 0 fully saturated rings. The van der Waals surface area contributed by atoms with Crippen LogP contribution in [0.15, 0.2) is 88.2 Å². The van der Waals surface area contributed by atoms with E-state index in [1.807, 2.05) is 49.4 Å². The maximum atomic E-state index is 13.0. The smallest absolute Gasteiger partial charge is 0.416 e. The molecule has 0 bridgehead atoms. The summed E-state index contributed by atoms with van der Waals surface area (Å²) in [5.74, 6) is 3.60. The molecule has 0 amide bonds. The molecule has 0 unspecified atom stereocenters. The summed E-state index contributed by atoms with van der Waals surface area (Å²) in [5, 5.41) is 0.